The second-order valence-electron chi connectivity index (χ2n) is 6.94. The molecule has 2 rings (SSSR count). The van der Waals surface area contributed by atoms with Crippen LogP contribution in [0.1, 0.15) is 37.7 Å². The van der Waals surface area contributed by atoms with E-state index in [2.05, 4.69) is 4.90 Å². The number of carboxylic acid groups (broad SMARTS) is 1. The van der Waals surface area contributed by atoms with Crippen LogP contribution in [0.15, 0.2) is 18.2 Å². The molecule has 1 unspecified atom stereocenters. The summed E-state index contributed by atoms with van der Waals surface area (Å²) in [6.07, 6.45) is 6.60. The van der Waals surface area contributed by atoms with Crippen LogP contribution < -0.4 is 0 Å². The van der Waals surface area contributed by atoms with Crippen LogP contribution in [0.5, 0.6) is 0 Å². The predicted molar refractivity (Wildman–Crippen MR) is 104 cm³/mol. The van der Waals surface area contributed by atoms with E-state index in [0.717, 1.165) is 58.2 Å². The summed E-state index contributed by atoms with van der Waals surface area (Å²) in [5.74, 6) is -0.745. The Balaban J connectivity index is 1.67. The highest BCUT2D eigenvalue weighted by molar-refractivity contribution is 6.42. The number of hydrogen-bond donors (Lipinski definition) is 1. The topological polar surface area (TPSA) is 43.8 Å². The van der Waals surface area contributed by atoms with Gasteiger partial charge in [-0.15, -0.1) is 0 Å². The lowest BCUT2D eigenvalue weighted by Gasteiger charge is -2.25. The molecular weight excluding hydrogens is 359 g/mol. The fraction of sp³-hybridized carbons (Fsp3) is 0.632. The highest BCUT2D eigenvalue weighted by Crippen LogP contribution is 2.23. The molecule has 0 saturated carbocycles. The molecule has 25 heavy (non-hydrogen) atoms. The SMILES string of the molecule is CN(CC(=O)O)C1CCCN(CCCCc2ccc(Cl)c(Cl)c2)CC1. The first-order chi connectivity index (χ1) is 12.0. The van der Waals surface area contributed by atoms with E-state index in [1.54, 1.807) is 0 Å². The van der Waals surface area contributed by atoms with Gasteiger partial charge < -0.3 is 10.0 Å². The minimum Gasteiger partial charge on any atom is -0.480 e. The number of halogens is 2. The Morgan fingerprint density at radius 1 is 1.24 bits per heavy atom. The summed E-state index contributed by atoms with van der Waals surface area (Å²) in [5, 5.41) is 10.2. The van der Waals surface area contributed by atoms with Crippen molar-refractivity contribution in [2.24, 2.45) is 0 Å². The second-order valence-corrected chi connectivity index (χ2v) is 7.76. The summed E-state index contributed by atoms with van der Waals surface area (Å²) >= 11 is 12.0. The first-order valence-electron chi connectivity index (χ1n) is 9.04. The molecule has 4 nitrogen and oxygen atoms in total. The predicted octanol–water partition coefficient (Wildman–Crippen LogP) is 4.19. The summed E-state index contributed by atoms with van der Waals surface area (Å²) in [6.45, 7) is 3.41. The Bertz CT molecular complexity index is 568. The van der Waals surface area contributed by atoms with Crippen molar-refractivity contribution in [2.45, 2.75) is 44.6 Å². The van der Waals surface area contributed by atoms with Gasteiger partial charge in [-0.05, 0) is 82.9 Å². The van der Waals surface area contributed by atoms with Crippen molar-refractivity contribution < 1.29 is 9.90 Å². The van der Waals surface area contributed by atoms with Crippen LogP contribution in [-0.2, 0) is 11.2 Å². The van der Waals surface area contributed by atoms with Crippen LogP contribution in [-0.4, -0.2) is 60.1 Å². The van der Waals surface area contributed by atoms with Crippen LogP contribution in [0.3, 0.4) is 0 Å². The summed E-state index contributed by atoms with van der Waals surface area (Å²) in [6, 6.07) is 6.25. The van der Waals surface area contributed by atoms with Gasteiger partial charge in [0.25, 0.3) is 0 Å². The number of unbranched alkanes of at least 4 members (excludes halogenated alkanes) is 1. The van der Waals surface area contributed by atoms with Gasteiger partial charge in [0.1, 0.15) is 0 Å². The summed E-state index contributed by atoms with van der Waals surface area (Å²) < 4.78 is 0. The molecule has 1 heterocycles. The minimum atomic E-state index is -0.745. The molecule has 0 radical (unpaired) electrons. The first-order valence-corrected chi connectivity index (χ1v) is 9.79. The molecule has 0 bridgehead atoms. The van der Waals surface area contributed by atoms with Gasteiger partial charge in [0, 0.05) is 6.04 Å². The Morgan fingerprint density at radius 2 is 2.04 bits per heavy atom. The molecule has 1 fully saturated rings. The lowest BCUT2D eigenvalue weighted by Crippen LogP contribution is -2.36. The molecule has 0 spiro atoms. The van der Waals surface area contributed by atoms with Crippen LogP contribution in [0.25, 0.3) is 0 Å². The Labute approximate surface area is 160 Å². The fourth-order valence-electron chi connectivity index (χ4n) is 3.50. The molecule has 1 aliphatic rings. The van der Waals surface area contributed by atoms with Gasteiger partial charge in [0.05, 0.1) is 16.6 Å². The highest BCUT2D eigenvalue weighted by Gasteiger charge is 2.21. The average molecular weight is 387 g/mol. The Hall–Kier alpha value is -0.810. The van der Waals surface area contributed by atoms with Crippen molar-refractivity contribution in [3.8, 4) is 0 Å². The quantitative estimate of drug-likeness (QED) is 0.680. The van der Waals surface area contributed by atoms with Crippen LogP contribution >= 0.6 is 23.2 Å². The number of carboxylic acids is 1. The smallest absolute Gasteiger partial charge is 0.317 e. The van der Waals surface area contributed by atoms with Crippen molar-refractivity contribution in [2.75, 3.05) is 33.2 Å². The fourth-order valence-corrected chi connectivity index (χ4v) is 3.83. The maximum absolute atomic E-state index is 10.9. The molecule has 1 N–H and O–H groups in total. The molecule has 0 amide bonds. The van der Waals surface area contributed by atoms with Crippen LogP contribution in [0.2, 0.25) is 10.0 Å². The van der Waals surface area contributed by atoms with Gasteiger partial charge in [-0.2, -0.15) is 0 Å². The molecule has 0 aromatic heterocycles. The van der Waals surface area contributed by atoms with Gasteiger partial charge in [0.15, 0.2) is 0 Å². The van der Waals surface area contributed by atoms with E-state index >= 15 is 0 Å². The number of aliphatic carboxylic acids is 1. The van der Waals surface area contributed by atoms with Crippen molar-refractivity contribution in [3.05, 3.63) is 33.8 Å². The molecular formula is C19H28Cl2N2O2. The zero-order valence-electron chi connectivity index (χ0n) is 14.9. The lowest BCUT2D eigenvalue weighted by molar-refractivity contribution is -0.138. The molecule has 1 aliphatic heterocycles. The van der Waals surface area contributed by atoms with E-state index < -0.39 is 5.97 Å². The third-order valence-electron chi connectivity index (χ3n) is 4.97. The van der Waals surface area contributed by atoms with E-state index in [1.807, 2.05) is 30.1 Å². The largest absolute Gasteiger partial charge is 0.480 e. The number of likely N-dealkylation sites (N-methyl/N-ethyl adjacent to an activating group) is 1. The lowest BCUT2D eigenvalue weighted by atomic mass is 10.1. The summed E-state index contributed by atoms with van der Waals surface area (Å²) in [7, 11) is 1.92. The van der Waals surface area contributed by atoms with E-state index in [9.17, 15) is 4.79 Å². The average Bonchev–Trinajstić information content (AvgIpc) is 2.80. The number of aryl methyl sites for hydroxylation is 1. The summed E-state index contributed by atoms with van der Waals surface area (Å²) in [5.41, 5.74) is 1.24. The monoisotopic (exact) mass is 386 g/mol. The number of likely N-dealkylation sites (tertiary alicyclic amines) is 1. The summed E-state index contributed by atoms with van der Waals surface area (Å²) in [4.78, 5) is 15.4. The van der Waals surface area contributed by atoms with Gasteiger partial charge >= 0.3 is 5.97 Å². The van der Waals surface area contributed by atoms with Gasteiger partial charge in [-0.25, -0.2) is 0 Å². The zero-order valence-corrected chi connectivity index (χ0v) is 16.4. The number of carbonyl (C=O) groups is 1. The third-order valence-corrected chi connectivity index (χ3v) is 5.71. The molecule has 1 aromatic carbocycles. The molecule has 140 valence electrons. The molecule has 0 aliphatic carbocycles. The van der Waals surface area contributed by atoms with Crippen molar-refractivity contribution in [3.63, 3.8) is 0 Å². The van der Waals surface area contributed by atoms with Gasteiger partial charge in [0.2, 0.25) is 0 Å². The Kier molecular flexibility index (Phi) is 8.50. The standard InChI is InChI=1S/C19H28Cl2N2O2/c1-22(14-19(24)25)16-6-4-11-23(12-9-16)10-3-2-5-15-7-8-17(20)18(21)13-15/h7-8,13,16H,2-6,9-12,14H2,1H3,(H,24,25). The maximum Gasteiger partial charge on any atom is 0.317 e. The molecule has 1 atom stereocenters. The van der Waals surface area contributed by atoms with E-state index in [-0.39, 0.29) is 6.54 Å². The van der Waals surface area contributed by atoms with Gasteiger partial charge in [-0.1, -0.05) is 29.3 Å². The molecule has 6 heteroatoms. The Morgan fingerprint density at radius 3 is 2.76 bits per heavy atom. The number of benzene rings is 1. The van der Waals surface area contributed by atoms with Crippen LogP contribution in [0.4, 0.5) is 0 Å². The number of hydrogen-bond acceptors (Lipinski definition) is 3. The van der Waals surface area contributed by atoms with Crippen molar-refractivity contribution >= 4 is 29.2 Å². The maximum atomic E-state index is 10.9. The normalized spacial score (nSPS) is 19.1. The zero-order chi connectivity index (χ0) is 18.2. The third kappa shape index (κ3) is 7.14. The second kappa shape index (κ2) is 10.4. The first kappa shape index (κ1) is 20.5. The molecule has 1 aromatic rings. The van der Waals surface area contributed by atoms with E-state index in [0.29, 0.717) is 16.1 Å². The van der Waals surface area contributed by atoms with Crippen molar-refractivity contribution in [1.82, 2.24) is 9.80 Å². The van der Waals surface area contributed by atoms with Gasteiger partial charge in [-0.3, -0.25) is 9.69 Å². The molecule has 1 saturated heterocycles. The highest BCUT2D eigenvalue weighted by atomic mass is 35.5. The van der Waals surface area contributed by atoms with Crippen LogP contribution in [0, 0.1) is 0 Å². The number of nitrogens with zero attached hydrogens (tertiary/aromatic N) is 2. The van der Waals surface area contributed by atoms with E-state index in [4.69, 9.17) is 28.3 Å². The van der Waals surface area contributed by atoms with Crippen molar-refractivity contribution in [1.29, 1.82) is 0 Å². The minimum absolute atomic E-state index is 0.133. The van der Waals surface area contributed by atoms with E-state index in [1.165, 1.54) is 5.56 Å². The number of rotatable bonds is 8.